The van der Waals surface area contributed by atoms with E-state index >= 15 is 0 Å². The summed E-state index contributed by atoms with van der Waals surface area (Å²) in [7, 11) is 1.67. The van der Waals surface area contributed by atoms with Gasteiger partial charge >= 0.3 is 5.69 Å². The van der Waals surface area contributed by atoms with Crippen molar-refractivity contribution in [2.24, 2.45) is 0 Å². The van der Waals surface area contributed by atoms with E-state index in [-0.39, 0.29) is 0 Å². The zero-order valence-electron chi connectivity index (χ0n) is 19.6. The highest BCUT2D eigenvalue weighted by Crippen LogP contribution is 2.29. The Kier molecular flexibility index (Phi) is 5.43. The van der Waals surface area contributed by atoms with E-state index < -0.39 is 17.5 Å². The van der Waals surface area contributed by atoms with Crippen molar-refractivity contribution >= 4 is 22.8 Å². The normalized spacial score (nSPS) is 13.5. The minimum atomic E-state index is -0.634. The third-order valence-corrected chi connectivity index (χ3v) is 6.52. The van der Waals surface area contributed by atoms with E-state index in [1.54, 1.807) is 13.2 Å². The Labute approximate surface area is 196 Å². The molecule has 0 unspecified atom stereocenters. The molecule has 0 fully saturated rings. The van der Waals surface area contributed by atoms with Crippen LogP contribution in [0.2, 0.25) is 0 Å². The Balaban J connectivity index is 1.78. The van der Waals surface area contributed by atoms with Crippen LogP contribution in [0.5, 0.6) is 5.75 Å². The van der Waals surface area contributed by atoms with Crippen LogP contribution in [0, 0.1) is 0 Å². The molecule has 0 amide bonds. The Bertz CT molecular complexity index is 1510. The van der Waals surface area contributed by atoms with Crippen molar-refractivity contribution < 1.29 is 18.9 Å². The molecule has 3 heterocycles. The molecule has 8 heteroatoms. The molecule has 0 N–H and O–H groups in total. The van der Waals surface area contributed by atoms with Crippen LogP contribution in [0.15, 0.2) is 53.5 Å². The van der Waals surface area contributed by atoms with Crippen molar-refractivity contribution in [3.05, 3.63) is 65.0 Å². The number of fused-ring (bicyclic) bond motifs is 2. The van der Waals surface area contributed by atoms with E-state index in [4.69, 9.17) is 4.74 Å². The first-order chi connectivity index (χ1) is 16.4. The highest BCUT2D eigenvalue weighted by molar-refractivity contribution is 5.96. The number of methoxy groups -OCH3 is 1. The Morgan fingerprint density at radius 1 is 0.941 bits per heavy atom. The molecule has 1 aliphatic heterocycles. The van der Waals surface area contributed by atoms with Crippen LogP contribution in [-0.4, -0.2) is 32.6 Å². The molecule has 5 rings (SSSR count). The number of rotatable bonds is 3. The lowest BCUT2D eigenvalue weighted by Crippen LogP contribution is -2.38. The van der Waals surface area contributed by atoms with Gasteiger partial charge in [-0.05, 0) is 49.6 Å². The van der Waals surface area contributed by atoms with E-state index in [0.29, 0.717) is 11.0 Å². The van der Waals surface area contributed by atoms with Crippen LogP contribution < -0.4 is 15.0 Å². The Morgan fingerprint density at radius 3 is 2.41 bits per heavy atom. The first-order valence-electron chi connectivity index (χ1n) is 11.5. The summed E-state index contributed by atoms with van der Waals surface area (Å²) in [6.45, 7) is 3.53. The van der Waals surface area contributed by atoms with Crippen LogP contribution >= 0.6 is 0 Å². The monoisotopic (exact) mass is 459 g/mol. The lowest BCUT2D eigenvalue weighted by molar-refractivity contribution is -0.692. The summed E-state index contributed by atoms with van der Waals surface area (Å²) in [4.78, 5) is 37.3. The Hall–Kier alpha value is -3.94. The number of carbonyl (C=O) groups excluding carboxylic acids is 2. The topological polar surface area (TPSA) is 79.1 Å². The zero-order valence-corrected chi connectivity index (χ0v) is 19.6. The molecule has 0 aliphatic carbocycles. The molecule has 2 aromatic heterocycles. The Morgan fingerprint density at radius 2 is 1.68 bits per heavy atom. The molecule has 0 saturated heterocycles. The number of hydrogen-bond donors (Lipinski definition) is 0. The molecule has 0 bridgehead atoms. The molecule has 0 saturated carbocycles. The van der Waals surface area contributed by atoms with Gasteiger partial charge in [-0.1, -0.05) is 12.1 Å². The number of aromatic nitrogens is 4. The second-order valence-electron chi connectivity index (χ2n) is 8.63. The van der Waals surface area contributed by atoms with Gasteiger partial charge in [-0.3, -0.25) is 9.59 Å². The number of benzene rings is 2. The molecule has 1 aliphatic rings. The molecular weight excluding hydrogens is 432 g/mol. The average molecular weight is 460 g/mol. The van der Waals surface area contributed by atoms with Crippen LogP contribution in [0.1, 0.15) is 48.5 Å². The summed E-state index contributed by atoms with van der Waals surface area (Å²) in [5.41, 5.74) is 3.05. The number of ether oxygens (including phenoxy) is 1. The predicted octanol–water partition coefficient (Wildman–Crippen LogP) is 3.60. The number of carbonyl (C=O) groups is 2. The third kappa shape index (κ3) is 3.37. The highest BCUT2D eigenvalue weighted by Gasteiger charge is 2.29. The van der Waals surface area contributed by atoms with Crippen molar-refractivity contribution in [2.75, 3.05) is 7.11 Å². The number of nitrogens with zero attached hydrogens (tertiary/aromatic N) is 4. The van der Waals surface area contributed by atoms with Gasteiger partial charge in [0.05, 0.1) is 24.7 Å². The van der Waals surface area contributed by atoms with Gasteiger partial charge in [0.1, 0.15) is 6.20 Å². The lowest BCUT2D eigenvalue weighted by Gasteiger charge is -2.06. The van der Waals surface area contributed by atoms with E-state index in [9.17, 15) is 14.4 Å². The quantitative estimate of drug-likeness (QED) is 0.439. The minimum absolute atomic E-state index is 0.423. The van der Waals surface area contributed by atoms with Gasteiger partial charge in [0.15, 0.2) is 17.1 Å². The highest BCUT2D eigenvalue weighted by atomic mass is 16.5. The number of hydrogen-bond acceptors (Lipinski definition) is 4. The van der Waals surface area contributed by atoms with Gasteiger partial charge in [0, 0.05) is 25.8 Å². The second-order valence-corrected chi connectivity index (χ2v) is 8.63. The van der Waals surface area contributed by atoms with Crippen LogP contribution in [0.4, 0.5) is 0 Å². The smallest absolute Gasteiger partial charge is 0.342 e. The summed E-state index contributed by atoms with van der Waals surface area (Å²) >= 11 is 0. The molecule has 0 radical (unpaired) electrons. The number of para-hydroxylation sites is 2. The maximum absolute atomic E-state index is 12.8. The predicted molar refractivity (Wildman–Crippen MR) is 128 cm³/mol. The molecule has 174 valence electrons. The average Bonchev–Trinajstić information content (AvgIpc) is 3.21. The standard InChI is InChI=1S/C26H27N4O4/c1-17(31)29-20-13-12-19(15-22(20)30(18(2)32)26(29)33)23-16-28(21-9-6-7-10-24(21)34-3)25-11-5-4-8-14-27(23)25/h6-7,9-10,12-13,15-16H,4-5,8,11,14H2,1-3H3/q+1. The van der Waals surface area contributed by atoms with E-state index in [1.807, 2.05) is 36.4 Å². The van der Waals surface area contributed by atoms with E-state index in [2.05, 4.69) is 15.3 Å². The van der Waals surface area contributed by atoms with Gasteiger partial charge in [-0.15, -0.1) is 0 Å². The lowest BCUT2D eigenvalue weighted by atomic mass is 10.1. The van der Waals surface area contributed by atoms with Crippen LogP contribution in [0.3, 0.4) is 0 Å². The molecule has 0 atom stereocenters. The van der Waals surface area contributed by atoms with E-state index in [0.717, 1.165) is 64.1 Å². The van der Waals surface area contributed by atoms with Crippen molar-refractivity contribution in [3.8, 4) is 22.7 Å². The van der Waals surface area contributed by atoms with Gasteiger partial charge in [-0.25, -0.2) is 18.5 Å². The summed E-state index contributed by atoms with van der Waals surface area (Å²) in [6, 6.07) is 13.4. The zero-order chi connectivity index (χ0) is 24.0. The largest absolute Gasteiger partial charge is 0.492 e. The second kappa shape index (κ2) is 8.44. The SMILES string of the molecule is COc1ccccc1-n1cc(-c2ccc3c(c2)n(C(C)=O)c(=O)n3C(C)=O)[n+]2c1CCCCC2. The number of imidazole rings is 2. The summed E-state index contributed by atoms with van der Waals surface area (Å²) in [5, 5.41) is 0. The first-order valence-corrected chi connectivity index (χ1v) is 11.5. The first kappa shape index (κ1) is 21.9. The van der Waals surface area contributed by atoms with Crippen molar-refractivity contribution in [1.29, 1.82) is 0 Å². The summed E-state index contributed by atoms with van der Waals surface area (Å²) < 4.78 is 12.3. The fraction of sp³-hybridized carbons (Fsp3) is 0.308. The fourth-order valence-corrected chi connectivity index (χ4v) is 5.00. The maximum atomic E-state index is 12.8. The summed E-state index contributed by atoms with van der Waals surface area (Å²) in [5.74, 6) is 1.12. The van der Waals surface area contributed by atoms with Crippen LogP contribution in [-0.2, 0) is 13.0 Å². The summed E-state index contributed by atoms with van der Waals surface area (Å²) in [6.07, 6.45) is 6.35. The minimum Gasteiger partial charge on any atom is -0.492 e. The molecule has 4 aromatic rings. The van der Waals surface area contributed by atoms with Gasteiger partial charge in [0.25, 0.3) is 5.82 Å². The third-order valence-electron chi connectivity index (χ3n) is 6.52. The van der Waals surface area contributed by atoms with Crippen molar-refractivity contribution in [3.63, 3.8) is 0 Å². The molecule has 2 aromatic carbocycles. The van der Waals surface area contributed by atoms with Gasteiger partial charge in [0.2, 0.25) is 11.8 Å². The fourth-order valence-electron chi connectivity index (χ4n) is 5.00. The maximum Gasteiger partial charge on any atom is 0.342 e. The molecular formula is C26H27N4O4+. The molecule has 34 heavy (non-hydrogen) atoms. The van der Waals surface area contributed by atoms with Crippen molar-refractivity contribution in [1.82, 2.24) is 13.7 Å². The molecule has 8 nitrogen and oxygen atoms in total. The van der Waals surface area contributed by atoms with Crippen LogP contribution in [0.25, 0.3) is 28.0 Å². The van der Waals surface area contributed by atoms with Crippen molar-refractivity contribution in [2.45, 2.75) is 46.1 Å². The van der Waals surface area contributed by atoms with Gasteiger partial charge in [-0.2, -0.15) is 4.57 Å². The molecule has 0 spiro atoms. The van der Waals surface area contributed by atoms with E-state index in [1.165, 1.54) is 19.7 Å². The van der Waals surface area contributed by atoms with Gasteiger partial charge < -0.3 is 4.74 Å².